The second-order valence-corrected chi connectivity index (χ2v) is 5.97. The van der Waals surface area contributed by atoms with Gasteiger partial charge in [-0.2, -0.15) is 26.3 Å². The zero-order valence-electron chi connectivity index (χ0n) is 11.3. The van der Waals surface area contributed by atoms with Crippen molar-refractivity contribution in [3.8, 4) is 0 Å². The molecule has 0 atom stereocenters. The van der Waals surface area contributed by atoms with Crippen molar-refractivity contribution in [3.63, 3.8) is 0 Å². The molecule has 0 saturated heterocycles. The van der Waals surface area contributed by atoms with Gasteiger partial charge in [-0.15, -0.1) is 6.58 Å². The Bertz CT molecular complexity index is 468. The van der Waals surface area contributed by atoms with Crippen molar-refractivity contribution in [1.82, 2.24) is 0 Å². The van der Waals surface area contributed by atoms with Gasteiger partial charge in [0.1, 0.15) is 0 Å². The van der Waals surface area contributed by atoms with Crippen LogP contribution in [0.1, 0.15) is 26.2 Å². The summed E-state index contributed by atoms with van der Waals surface area (Å²) in [5, 5.41) is 0. The molecule has 0 bridgehead atoms. The maximum Gasteiger partial charge on any atom is 2.00 e. The van der Waals surface area contributed by atoms with E-state index in [0.29, 0.717) is 0 Å². The molecule has 0 spiro atoms. The predicted octanol–water partition coefficient (Wildman–Crippen LogP) is 2.46. The molecular weight excluding hydrogens is 426 g/mol. The molecule has 0 aromatic heterocycles. The predicted molar refractivity (Wildman–Crippen MR) is 61.2 cm³/mol. The molecule has 0 aliphatic carbocycles. The van der Waals surface area contributed by atoms with Gasteiger partial charge >= 0.3 is 28.1 Å². The first-order chi connectivity index (χ1) is 9.41. The zero-order valence-corrected chi connectivity index (χ0v) is 14.0. The molecule has 0 aliphatic heterocycles. The summed E-state index contributed by atoms with van der Waals surface area (Å²) < 4.78 is 118. The number of alkyl halides is 6. The van der Waals surface area contributed by atoms with Crippen molar-refractivity contribution in [1.29, 1.82) is 0 Å². The van der Waals surface area contributed by atoms with Crippen LogP contribution in [0.25, 0.3) is 0 Å². The topological polar surface area (TPSA) is 114 Å². The summed E-state index contributed by atoms with van der Waals surface area (Å²) in [6.07, 6.45) is 5.72. The quantitative estimate of drug-likeness (QED) is 0.167. The summed E-state index contributed by atoms with van der Waals surface area (Å²) in [5.41, 5.74) is -11.3. The SMILES string of the molecule is C=CCCCC.O=S(=O)([O-])C(F)(F)F.O=S(=O)([O-])C(F)(F)F.[Fe+2]. The number of unbranched alkanes of at least 4 members (excludes halogenated alkanes) is 2. The molecule has 0 heterocycles. The molecule has 0 rings (SSSR count). The Labute approximate surface area is 139 Å². The van der Waals surface area contributed by atoms with E-state index in [2.05, 4.69) is 13.5 Å². The van der Waals surface area contributed by atoms with E-state index in [1.165, 1.54) is 19.3 Å². The van der Waals surface area contributed by atoms with E-state index >= 15 is 0 Å². The van der Waals surface area contributed by atoms with Crippen molar-refractivity contribution in [2.75, 3.05) is 0 Å². The number of rotatable bonds is 3. The van der Waals surface area contributed by atoms with Gasteiger partial charge < -0.3 is 9.11 Å². The van der Waals surface area contributed by atoms with Crippen LogP contribution >= 0.6 is 0 Å². The first kappa shape index (κ1) is 30.5. The van der Waals surface area contributed by atoms with Crippen LogP contribution in [0.3, 0.4) is 0 Å². The molecule has 0 radical (unpaired) electrons. The van der Waals surface area contributed by atoms with Crippen molar-refractivity contribution >= 4 is 20.2 Å². The second-order valence-electron chi connectivity index (χ2n) is 3.23. The van der Waals surface area contributed by atoms with Gasteiger partial charge in [0, 0.05) is 0 Å². The number of hydrogen-bond acceptors (Lipinski definition) is 6. The van der Waals surface area contributed by atoms with Gasteiger partial charge in [-0.3, -0.25) is 0 Å². The molecule has 0 aromatic rings. The van der Waals surface area contributed by atoms with E-state index in [4.69, 9.17) is 25.9 Å². The summed E-state index contributed by atoms with van der Waals surface area (Å²) in [6, 6.07) is 0. The maximum absolute atomic E-state index is 10.7. The Kier molecular flexibility index (Phi) is 16.0. The van der Waals surface area contributed by atoms with Crippen molar-refractivity contribution in [2.24, 2.45) is 0 Å². The number of halogens is 6. The fourth-order valence-corrected chi connectivity index (χ4v) is 0.348. The first-order valence-corrected chi connectivity index (χ1v) is 7.88. The van der Waals surface area contributed by atoms with Gasteiger partial charge in [0.25, 0.3) is 0 Å². The van der Waals surface area contributed by atoms with Gasteiger partial charge in [-0.1, -0.05) is 25.8 Å². The molecular formula is C8H12F6FeO6S2. The molecule has 15 heteroatoms. The van der Waals surface area contributed by atoms with E-state index in [-0.39, 0.29) is 17.1 Å². The molecule has 0 unspecified atom stereocenters. The second kappa shape index (κ2) is 12.1. The van der Waals surface area contributed by atoms with E-state index in [0.717, 1.165) is 0 Å². The third-order valence-electron chi connectivity index (χ3n) is 1.33. The molecule has 0 amide bonds. The molecule has 23 heavy (non-hydrogen) atoms. The van der Waals surface area contributed by atoms with E-state index < -0.39 is 31.3 Å². The van der Waals surface area contributed by atoms with Crippen molar-refractivity contribution in [3.05, 3.63) is 12.7 Å². The van der Waals surface area contributed by atoms with Crippen LogP contribution < -0.4 is 0 Å². The minimum absolute atomic E-state index is 0. The van der Waals surface area contributed by atoms with E-state index in [1.807, 2.05) is 6.08 Å². The fourth-order valence-electron chi connectivity index (χ4n) is 0.348. The number of allylic oxidation sites excluding steroid dienone is 1. The van der Waals surface area contributed by atoms with Crippen LogP contribution in [-0.2, 0) is 37.3 Å². The first-order valence-electron chi connectivity index (χ1n) is 5.07. The monoisotopic (exact) mass is 438 g/mol. The maximum atomic E-state index is 10.7. The van der Waals surface area contributed by atoms with Gasteiger partial charge in [0.2, 0.25) is 0 Å². The zero-order chi connectivity index (χ0) is 18.8. The number of hydrogen-bond donors (Lipinski definition) is 0. The summed E-state index contributed by atoms with van der Waals surface area (Å²) in [4.78, 5) is 0. The van der Waals surface area contributed by atoms with Crippen LogP contribution in [0.5, 0.6) is 0 Å². The minimum atomic E-state index is -6.09. The standard InChI is InChI=1S/C6H12.2CHF3O3S.Fe/c1-3-5-6-4-2;2*2-1(3,4)8(5,6)7;/h3H,1,4-6H2,2H3;2*(H,5,6,7);/q;;;+2/p-2. The van der Waals surface area contributed by atoms with Gasteiger partial charge in [-0.25, -0.2) is 16.8 Å². The Morgan fingerprint density at radius 1 is 0.913 bits per heavy atom. The Morgan fingerprint density at radius 2 is 1.13 bits per heavy atom. The van der Waals surface area contributed by atoms with Crippen molar-refractivity contribution < 1.29 is 69.4 Å². The van der Waals surface area contributed by atoms with Gasteiger partial charge in [-0.05, 0) is 6.42 Å². The van der Waals surface area contributed by atoms with Crippen molar-refractivity contribution in [2.45, 2.75) is 37.2 Å². The molecule has 142 valence electrons. The average Bonchev–Trinajstić information content (AvgIpc) is 2.22. The van der Waals surface area contributed by atoms with E-state index in [9.17, 15) is 26.3 Å². The minimum Gasteiger partial charge on any atom is -0.741 e. The van der Waals surface area contributed by atoms with Gasteiger partial charge in [0.05, 0.1) is 0 Å². The van der Waals surface area contributed by atoms with Crippen LogP contribution in [0.15, 0.2) is 12.7 Å². The molecule has 0 fully saturated rings. The summed E-state index contributed by atoms with van der Waals surface area (Å²) in [5.74, 6) is 0. The smallest absolute Gasteiger partial charge is 0.741 e. The summed E-state index contributed by atoms with van der Waals surface area (Å²) in [7, 11) is -12.2. The van der Waals surface area contributed by atoms with Crippen LogP contribution in [0.4, 0.5) is 26.3 Å². The largest absolute Gasteiger partial charge is 2.00 e. The molecule has 6 nitrogen and oxygen atoms in total. The van der Waals surface area contributed by atoms with Crippen LogP contribution in [0, 0.1) is 0 Å². The average molecular weight is 438 g/mol. The van der Waals surface area contributed by atoms with E-state index in [1.54, 1.807) is 0 Å². The molecule has 0 aromatic carbocycles. The molecule has 0 N–H and O–H groups in total. The van der Waals surface area contributed by atoms with Crippen LogP contribution in [-0.4, -0.2) is 37.0 Å². The Morgan fingerprint density at radius 3 is 1.17 bits per heavy atom. The molecule has 0 saturated carbocycles. The van der Waals surface area contributed by atoms with Crippen LogP contribution in [0.2, 0.25) is 0 Å². The third-order valence-corrected chi connectivity index (χ3v) is 2.46. The normalized spacial score (nSPS) is 11.9. The summed E-state index contributed by atoms with van der Waals surface area (Å²) in [6.45, 7) is 5.78. The third kappa shape index (κ3) is 19.6. The molecule has 0 aliphatic rings. The fraction of sp³-hybridized carbons (Fsp3) is 0.750. The van der Waals surface area contributed by atoms with Gasteiger partial charge in [0.15, 0.2) is 20.2 Å². The Hall–Kier alpha value is -0.341. The Balaban J connectivity index is -0.000000117. The summed E-state index contributed by atoms with van der Waals surface area (Å²) >= 11 is 0.